The van der Waals surface area contributed by atoms with Gasteiger partial charge in [0.15, 0.2) is 0 Å². The number of aromatic nitrogens is 1. The van der Waals surface area contributed by atoms with Crippen molar-refractivity contribution in [3.63, 3.8) is 0 Å². The predicted molar refractivity (Wildman–Crippen MR) is 59.9 cm³/mol. The number of hydrogen-bond donors (Lipinski definition) is 1. The van der Waals surface area contributed by atoms with E-state index in [9.17, 15) is 0 Å². The lowest BCUT2D eigenvalue weighted by Crippen LogP contribution is -2.28. The molecule has 1 heterocycles. The van der Waals surface area contributed by atoms with Crippen molar-refractivity contribution in [1.29, 1.82) is 5.26 Å². The highest BCUT2D eigenvalue weighted by Gasteiger charge is 2.08. The molecule has 0 aliphatic rings. The van der Waals surface area contributed by atoms with Crippen molar-refractivity contribution in [3.8, 4) is 6.07 Å². The summed E-state index contributed by atoms with van der Waals surface area (Å²) in [5, 5.41) is 12.1. The Morgan fingerprint density at radius 3 is 2.80 bits per heavy atom. The lowest BCUT2D eigenvalue weighted by atomic mass is 10.1. The second-order valence-electron chi connectivity index (χ2n) is 4.01. The van der Waals surface area contributed by atoms with Gasteiger partial charge in [0.25, 0.3) is 0 Å². The normalized spacial score (nSPS) is 12.4. The number of nitrogens with zero attached hydrogens (tertiary/aromatic N) is 2. The number of hydrogen-bond acceptors (Lipinski definition) is 3. The Labute approximate surface area is 91.1 Å². The minimum Gasteiger partial charge on any atom is -0.296 e. The summed E-state index contributed by atoms with van der Waals surface area (Å²) in [4.78, 5) is 4.19. The Morgan fingerprint density at radius 1 is 1.47 bits per heavy atom. The van der Waals surface area contributed by atoms with Crippen LogP contribution in [0.4, 0.5) is 0 Å². The van der Waals surface area contributed by atoms with Gasteiger partial charge in [0, 0.05) is 12.7 Å². The van der Waals surface area contributed by atoms with Gasteiger partial charge in [-0.25, -0.2) is 0 Å². The highest BCUT2D eigenvalue weighted by atomic mass is 14.9. The van der Waals surface area contributed by atoms with E-state index in [4.69, 9.17) is 5.26 Å². The SMILES string of the molecule is CC(C)CC(C#N)NCc1ccccn1. The second-order valence-corrected chi connectivity index (χ2v) is 4.01. The van der Waals surface area contributed by atoms with Gasteiger partial charge >= 0.3 is 0 Å². The van der Waals surface area contributed by atoms with Gasteiger partial charge in [-0.15, -0.1) is 0 Å². The molecule has 80 valence electrons. The van der Waals surface area contributed by atoms with E-state index < -0.39 is 0 Å². The zero-order chi connectivity index (χ0) is 11.1. The zero-order valence-electron chi connectivity index (χ0n) is 9.27. The summed E-state index contributed by atoms with van der Waals surface area (Å²) in [6.45, 7) is 4.89. The number of rotatable bonds is 5. The van der Waals surface area contributed by atoms with E-state index in [1.807, 2.05) is 18.2 Å². The summed E-state index contributed by atoms with van der Waals surface area (Å²) in [5.74, 6) is 0.533. The third-order valence-corrected chi connectivity index (χ3v) is 2.12. The molecule has 1 unspecified atom stereocenters. The van der Waals surface area contributed by atoms with E-state index in [0.29, 0.717) is 12.5 Å². The van der Waals surface area contributed by atoms with E-state index in [0.717, 1.165) is 12.1 Å². The Hall–Kier alpha value is -1.40. The molecule has 0 amide bonds. The lowest BCUT2D eigenvalue weighted by molar-refractivity contribution is 0.476. The Morgan fingerprint density at radius 2 is 2.27 bits per heavy atom. The zero-order valence-corrected chi connectivity index (χ0v) is 9.27. The fourth-order valence-electron chi connectivity index (χ4n) is 1.38. The fraction of sp³-hybridized carbons (Fsp3) is 0.500. The van der Waals surface area contributed by atoms with Crippen molar-refractivity contribution >= 4 is 0 Å². The van der Waals surface area contributed by atoms with Gasteiger partial charge in [-0.2, -0.15) is 5.26 Å². The van der Waals surface area contributed by atoms with Crippen LogP contribution in [0.15, 0.2) is 24.4 Å². The molecule has 0 radical (unpaired) electrons. The third kappa shape index (κ3) is 4.57. The molecular weight excluding hydrogens is 186 g/mol. The highest BCUT2D eigenvalue weighted by Crippen LogP contribution is 2.04. The molecule has 1 aromatic rings. The highest BCUT2D eigenvalue weighted by molar-refractivity contribution is 5.04. The Bertz CT molecular complexity index is 313. The van der Waals surface area contributed by atoms with E-state index in [-0.39, 0.29) is 6.04 Å². The molecule has 1 N–H and O–H groups in total. The second kappa shape index (κ2) is 6.15. The lowest BCUT2D eigenvalue weighted by Gasteiger charge is -2.12. The van der Waals surface area contributed by atoms with E-state index in [2.05, 4.69) is 30.2 Å². The van der Waals surface area contributed by atoms with E-state index in [1.54, 1.807) is 6.20 Å². The van der Waals surface area contributed by atoms with Crippen LogP contribution in [0, 0.1) is 17.2 Å². The molecule has 1 atom stereocenters. The van der Waals surface area contributed by atoms with Gasteiger partial charge in [-0.05, 0) is 24.5 Å². The monoisotopic (exact) mass is 203 g/mol. The van der Waals surface area contributed by atoms with Crippen molar-refractivity contribution in [1.82, 2.24) is 10.3 Å². The van der Waals surface area contributed by atoms with Gasteiger partial charge in [0.05, 0.1) is 17.8 Å². The molecule has 0 fully saturated rings. The maximum atomic E-state index is 8.92. The van der Waals surface area contributed by atoms with Crippen LogP contribution in [0.2, 0.25) is 0 Å². The van der Waals surface area contributed by atoms with Crippen LogP contribution < -0.4 is 5.32 Å². The van der Waals surface area contributed by atoms with Crippen molar-refractivity contribution in [2.75, 3.05) is 0 Å². The first-order chi connectivity index (χ1) is 7.22. The quantitative estimate of drug-likeness (QED) is 0.797. The summed E-state index contributed by atoms with van der Waals surface area (Å²) in [6, 6.07) is 7.98. The Kier molecular flexibility index (Phi) is 4.79. The predicted octanol–water partition coefficient (Wildman–Crippen LogP) is 2.11. The van der Waals surface area contributed by atoms with Crippen LogP contribution in [-0.4, -0.2) is 11.0 Å². The van der Waals surface area contributed by atoms with Gasteiger partial charge in [-0.3, -0.25) is 10.3 Å². The molecule has 3 nitrogen and oxygen atoms in total. The van der Waals surface area contributed by atoms with Crippen molar-refractivity contribution in [2.45, 2.75) is 32.9 Å². The number of nitriles is 1. The molecule has 0 aliphatic heterocycles. The number of nitrogens with one attached hydrogen (secondary N) is 1. The third-order valence-electron chi connectivity index (χ3n) is 2.12. The van der Waals surface area contributed by atoms with Crippen LogP contribution in [0.1, 0.15) is 26.0 Å². The average molecular weight is 203 g/mol. The number of pyridine rings is 1. The van der Waals surface area contributed by atoms with Gasteiger partial charge in [0.1, 0.15) is 0 Å². The maximum absolute atomic E-state index is 8.92. The van der Waals surface area contributed by atoms with Gasteiger partial charge in [-0.1, -0.05) is 19.9 Å². The first kappa shape index (κ1) is 11.7. The van der Waals surface area contributed by atoms with Crippen LogP contribution in [0.25, 0.3) is 0 Å². The van der Waals surface area contributed by atoms with Crippen LogP contribution in [0.5, 0.6) is 0 Å². The standard InChI is InChI=1S/C12H17N3/c1-10(2)7-12(8-13)15-9-11-5-3-4-6-14-11/h3-6,10,12,15H,7,9H2,1-2H3. The van der Waals surface area contributed by atoms with E-state index in [1.165, 1.54) is 0 Å². The molecule has 0 saturated heterocycles. The molecule has 0 bridgehead atoms. The Balaban J connectivity index is 2.39. The fourth-order valence-corrected chi connectivity index (χ4v) is 1.38. The molecule has 3 heteroatoms. The van der Waals surface area contributed by atoms with Crippen LogP contribution in [0.3, 0.4) is 0 Å². The van der Waals surface area contributed by atoms with Crippen LogP contribution >= 0.6 is 0 Å². The molecular formula is C12H17N3. The van der Waals surface area contributed by atoms with Gasteiger partial charge in [0.2, 0.25) is 0 Å². The molecule has 0 aliphatic carbocycles. The first-order valence-electron chi connectivity index (χ1n) is 5.25. The average Bonchev–Trinajstić information content (AvgIpc) is 2.25. The smallest absolute Gasteiger partial charge is 0.0958 e. The largest absolute Gasteiger partial charge is 0.296 e. The topological polar surface area (TPSA) is 48.7 Å². The molecule has 0 saturated carbocycles. The summed E-state index contributed by atoms with van der Waals surface area (Å²) >= 11 is 0. The summed E-state index contributed by atoms with van der Waals surface area (Å²) in [5.41, 5.74) is 0.974. The minimum atomic E-state index is -0.0768. The van der Waals surface area contributed by atoms with E-state index >= 15 is 0 Å². The summed E-state index contributed by atoms with van der Waals surface area (Å²) < 4.78 is 0. The minimum absolute atomic E-state index is 0.0768. The summed E-state index contributed by atoms with van der Waals surface area (Å²) in [6.07, 6.45) is 2.64. The molecule has 1 rings (SSSR count). The molecule has 1 aromatic heterocycles. The maximum Gasteiger partial charge on any atom is 0.0958 e. The van der Waals surface area contributed by atoms with Gasteiger partial charge < -0.3 is 0 Å². The molecule has 0 aromatic carbocycles. The first-order valence-corrected chi connectivity index (χ1v) is 5.25. The molecule has 15 heavy (non-hydrogen) atoms. The van der Waals surface area contributed by atoms with Crippen molar-refractivity contribution in [2.24, 2.45) is 5.92 Å². The molecule has 0 spiro atoms. The van der Waals surface area contributed by atoms with Crippen LogP contribution in [-0.2, 0) is 6.54 Å². The van der Waals surface area contributed by atoms with Crippen molar-refractivity contribution < 1.29 is 0 Å². The van der Waals surface area contributed by atoms with Crippen molar-refractivity contribution in [3.05, 3.63) is 30.1 Å². The summed E-state index contributed by atoms with van der Waals surface area (Å²) in [7, 11) is 0.